The second-order valence-electron chi connectivity index (χ2n) is 6.23. The Morgan fingerprint density at radius 3 is 2.56 bits per heavy atom. The molecule has 6 heteroatoms. The van der Waals surface area contributed by atoms with Crippen LogP contribution < -0.4 is 10.1 Å². The van der Waals surface area contributed by atoms with Crippen LogP contribution in [0.5, 0.6) is 5.75 Å². The van der Waals surface area contributed by atoms with Crippen LogP contribution in [0, 0.1) is 0 Å². The van der Waals surface area contributed by atoms with Gasteiger partial charge in [0.05, 0.1) is 11.3 Å². The van der Waals surface area contributed by atoms with Gasteiger partial charge in [0.2, 0.25) is 0 Å². The number of ketones is 1. The molecular weight excluding hydrogens is 331 g/mol. The van der Waals surface area contributed by atoms with E-state index in [4.69, 9.17) is 4.74 Å². The molecule has 0 saturated carbocycles. The summed E-state index contributed by atoms with van der Waals surface area (Å²) in [7, 11) is 0. The summed E-state index contributed by atoms with van der Waals surface area (Å²) in [6.07, 6.45) is -3.19. The zero-order chi connectivity index (χ0) is 18.2. The molecule has 0 bridgehead atoms. The predicted octanol–water partition coefficient (Wildman–Crippen LogP) is 4.65. The molecule has 25 heavy (non-hydrogen) atoms. The van der Waals surface area contributed by atoms with Crippen molar-refractivity contribution in [3.8, 4) is 5.75 Å². The van der Waals surface area contributed by atoms with E-state index in [1.165, 1.54) is 18.2 Å². The molecule has 1 heterocycles. The van der Waals surface area contributed by atoms with Gasteiger partial charge in [0.15, 0.2) is 11.5 Å². The molecule has 3 rings (SSSR count). The van der Waals surface area contributed by atoms with E-state index < -0.39 is 23.2 Å². The number of allylic oxidation sites excluding steroid dienone is 1. The zero-order valence-electron chi connectivity index (χ0n) is 13.6. The molecule has 0 radical (unpaired) electrons. The highest BCUT2D eigenvalue weighted by atomic mass is 19.4. The second-order valence-corrected chi connectivity index (χ2v) is 6.23. The Balaban J connectivity index is 1.99. The monoisotopic (exact) mass is 347 g/mol. The van der Waals surface area contributed by atoms with Gasteiger partial charge >= 0.3 is 6.18 Å². The first kappa shape index (κ1) is 17.1. The second kappa shape index (κ2) is 5.95. The number of benzene rings is 2. The van der Waals surface area contributed by atoms with Crippen LogP contribution in [-0.4, -0.2) is 11.5 Å². The maximum atomic E-state index is 12.8. The molecule has 1 aliphatic rings. The smallest absolute Gasteiger partial charge is 0.416 e. The summed E-state index contributed by atoms with van der Waals surface area (Å²) in [4.78, 5) is 12.5. The van der Waals surface area contributed by atoms with Crippen molar-refractivity contribution < 1.29 is 22.7 Å². The van der Waals surface area contributed by atoms with Gasteiger partial charge in [0.1, 0.15) is 5.75 Å². The number of rotatable bonds is 2. The quantitative estimate of drug-likeness (QED) is 0.635. The van der Waals surface area contributed by atoms with Gasteiger partial charge in [-0.1, -0.05) is 24.3 Å². The number of hydrogen-bond donors (Lipinski definition) is 1. The van der Waals surface area contributed by atoms with E-state index in [0.29, 0.717) is 17.0 Å². The van der Waals surface area contributed by atoms with Crippen molar-refractivity contribution >= 4 is 11.5 Å². The molecule has 0 amide bonds. The maximum absolute atomic E-state index is 12.8. The third-order valence-corrected chi connectivity index (χ3v) is 3.73. The Labute approximate surface area is 143 Å². The van der Waals surface area contributed by atoms with Crippen molar-refractivity contribution in [1.82, 2.24) is 5.32 Å². The van der Waals surface area contributed by atoms with E-state index in [1.54, 1.807) is 32.0 Å². The van der Waals surface area contributed by atoms with Crippen LogP contribution in [-0.2, 0) is 6.18 Å². The molecule has 3 nitrogen and oxygen atoms in total. The van der Waals surface area contributed by atoms with Crippen molar-refractivity contribution in [3.63, 3.8) is 0 Å². The average Bonchev–Trinajstić information content (AvgIpc) is 2.53. The van der Waals surface area contributed by atoms with Crippen molar-refractivity contribution in [2.75, 3.05) is 0 Å². The summed E-state index contributed by atoms with van der Waals surface area (Å²) in [6, 6.07) is 11.6. The molecule has 1 aliphatic heterocycles. The summed E-state index contributed by atoms with van der Waals surface area (Å²) in [5, 5.41) is 3.09. The number of carbonyl (C=O) groups excluding carboxylic acids is 1. The normalized spacial score (nSPS) is 17.4. The number of nitrogens with one attached hydrogen (secondary N) is 1. The summed E-state index contributed by atoms with van der Waals surface area (Å²) >= 11 is 0. The fraction of sp³-hybridized carbons (Fsp3) is 0.211. The van der Waals surface area contributed by atoms with Crippen LogP contribution in [0.4, 0.5) is 13.2 Å². The average molecular weight is 347 g/mol. The van der Waals surface area contributed by atoms with Gasteiger partial charge in [0, 0.05) is 17.2 Å². The lowest BCUT2D eigenvalue weighted by molar-refractivity contribution is -0.137. The highest BCUT2D eigenvalue weighted by Gasteiger charge is 2.31. The molecule has 0 unspecified atom stereocenters. The Morgan fingerprint density at radius 2 is 1.84 bits per heavy atom. The highest BCUT2D eigenvalue weighted by Crippen LogP contribution is 2.34. The van der Waals surface area contributed by atoms with Crippen LogP contribution in [0.25, 0.3) is 5.70 Å². The minimum Gasteiger partial charge on any atom is -0.468 e. The van der Waals surface area contributed by atoms with E-state index in [9.17, 15) is 18.0 Å². The van der Waals surface area contributed by atoms with Gasteiger partial charge in [-0.25, -0.2) is 0 Å². The molecule has 0 aromatic heterocycles. The summed E-state index contributed by atoms with van der Waals surface area (Å²) < 4.78 is 44.3. The third-order valence-electron chi connectivity index (χ3n) is 3.73. The molecule has 2 aromatic carbocycles. The minimum atomic E-state index is -4.49. The molecule has 1 N–H and O–H groups in total. The van der Waals surface area contributed by atoms with E-state index in [0.717, 1.165) is 12.1 Å². The van der Waals surface area contributed by atoms with Crippen LogP contribution in [0.15, 0.2) is 54.6 Å². The third kappa shape index (κ3) is 3.68. The summed E-state index contributed by atoms with van der Waals surface area (Å²) in [5.41, 5.74) is -0.423. The fourth-order valence-electron chi connectivity index (χ4n) is 2.65. The molecule has 0 fully saturated rings. The largest absolute Gasteiger partial charge is 0.468 e. The first-order valence-electron chi connectivity index (χ1n) is 7.66. The number of para-hydroxylation sites is 1. The van der Waals surface area contributed by atoms with Crippen LogP contribution in [0.2, 0.25) is 0 Å². The SMILES string of the molecule is CC1(C)N/C(=C/C(=O)c2cccc(C(F)(F)F)c2)c2ccccc2O1. The molecule has 0 aliphatic carbocycles. The van der Waals surface area contributed by atoms with E-state index in [2.05, 4.69) is 5.32 Å². The molecule has 0 atom stereocenters. The zero-order valence-corrected chi connectivity index (χ0v) is 13.6. The van der Waals surface area contributed by atoms with E-state index in [-0.39, 0.29) is 5.56 Å². The summed E-state index contributed by atoms with van der Waals surface area (Å²) in [5.74, 6) is 0.0930. The lowest BCUT2D eigenvalue weighted by Crippen LogP contribution is -2.46. The van der Waals surface area contributed by atoms with Gasteiger partial charge < -0.3 is 10.1 Å². The van der Waals surface area contributed by atoms with Crippen molar-refractivity contribution in [2.24, 2.45) is 0 Å². The van der Waals surface area contributed by atoms with Gasteiger partial charge in [-0.3, -0.25) is 4.79 Å². The van der Waals surface area contributed by atoms with Crippen molar-refractivity contribution in [3.05, 3.63) is 71.3 Å². The van der Waals surface area contributed by atoms with Crippen molar-refractivity contribution in [1.29, 1.82) is 0 Å². The molecule has 2 aromatic rings. The Bertz CT molecular complexity index is 854. The van der Waals surface area contributed by atoms with Gasteiger partial charge in [-0.2, -0.15) is 13.2 Å². The number of ether oxygens (including phenoxy) is 1. The van der Waals surface area contributed by atoms with Crippen molar-refractivity contribution in [2.45, 2.75) is 25.7 Å². The van der Waals surface area contributed by atoms with E-state index >= 15 is 0 Å². The molecular formula is C19H16F3NO2. The van der Waals surface area contributed by atoms with Gasteiger partial charge in [-0.15, -0.1) is 0 Å². The number of hydrogen-bond acceptors (Lipinski definition) is 3. The van der Waals surface area contributed by atoms with Gasteiger partial charge in [0.25, 0.3) is 0 Å². The van der Waals surface area contributed by atoms with Crippen LogP contribution in [0.3, 0.4) is 0 Å². The maximum Gasteiger partial charge on any atom is 0.416 e. The number of carbonyl (C=O) groups is 1. The van der Waals surface area contributed by atoms with Crippen LogP contribution >= 0.6 is 0 Å². The molecule has 0 saturated heterocycles. The summed E-state index contributed by atoms with van der Waals surface area (Å²) in [6.45, 7) is 3.59. The fourth-order valence-corrected chi connectivity index (χ4v) is 2.65. The highest BCUT2D eigenvalue weighted by molar-refractivity contribution is 6.08. The Morgan fingerprint density at radius 1 is 1.12 bits per heavy atom. The number of alkyl halides is 3. The lowest BCUT2D eigenvalue weighted by atomic mass is 10.0. The predicted molar refractivity (Wildman–Crippen MR) is 88.0 cm³/mol. The Hall–Kier alpha value is -2.76. The topological polar surface area (TPSA) is 38.3 Å². The molecule has 130 valence electrons. The van der Waals surface area contributed by atoms with Gasteiger partial charge in [-0.05, 0) is 38.1 Å². The van der Waals surface area contributed by atoms with Crippen LogP contribution in [0.1, 0.15) is 35.3 Å². The number of fused-ring (bicyclic) bond motifs is 1. The van der Waals surface area contributed by atoms with E-state index in [1.807, 2.05) is 6.07 Å². The lowest BCUT2D eigenvalue weighted by Gasteiger charge is -2.36. The standard InChI is InChI=1S/C19H16F3NO2/c1-18(2)23-15(14-8-3-4-9-17(14)25-18)11-16(24)12-6-5-7-13(10-12)19(20,21)22/h3-11,23H,1-2H3/b15-11+. The first-order chi connectivity index (χ1) is 11.7. The number of halogens is 3. The first-order valence-corrected chi connectivity index (χ1v) is 7.66. The minimum absolute atomic E-state index is 0.0223. The molecule has 0 spiro atoms. The Kier molecular flexibility index (Phi) is 4.06.